The van der Waals surface area contributed by atoms with Crippen LogP contribution < -0.4 is 15.0 Å². The molecule has 1 aromatic carbocycles. The van der Waals surface area contributed by atoms with Crippen molar-refractivity contribution in [1.82, 2.24) is 4.98 Å². The van der Waals surface area contributed by atoms with Gasteiger partial charge in [0.15, 0.2) is 0 Å². The number of rotatable bonds is 6. The molecule has 0 saturated carbocycles. The van der Waals surface area contributed by atoms with Gasteiger partial charge in [0.05, 0.1) is 23.8 Å². The van der Waals surface area contributed by atoms with Crippen LogP contribution in [0.2, 0.25) is 0 Å². The molecule has 27 heavy (non-hydrogen) atoms. The smallest absolute Gasteiger partial charge is 0.266 e. The van der Waals surface area contributed by atoms with Crippen LogP contribution in [-0.2, 0) is 0 Å². The third-order valence-electron chi connectivity index (χ3n) is 4.00. The molecular weight excluding hydrogens is 360 g/mol. The summed E-state index contributed by atoms with van der Waals surface area (Å²) in [6.45, 7) is 6.80. The third kappa shape index (κ3) is 3.88. The number of hydrogen-bond donors (Lipinski definition) is 1. The Kier molecular flexibility index (Phi) is 5.63. The van der Waals surface area contributed by atoms with Gasteiger partial charge in [0.25, 0.3) is 5.56 Å². The molecule has 0 saturated heterocycles. The van der Waals surface area contributed by atoms with Gasteiger partial charge in [-0.3, -0.25) is 4.79 Å². The Labute approximate surface area is 161 Å². The van der Waals surface area contributed by atoms with Crippen molar-refractivity contribution >= 4 is 11.3 Å². The molecule has 0 aliphatic heterocycles. The van der Waals surface area contributed by atoms with Crippen LogP contribution in [0.15, 0.2) is 41.2 Å². The summed E-state index contributed by atoms with van der Waals surface area (Å²) in [7, 11) is 0. The van der Waals surface area contributed by atoms with E-state index in [1.54, 1.807) is 17.4 Å². The molecule has 6 heteroatoms. The lowest BCUT2D eigenvalue weighted by atomic mass is 9.99. The zero-order chi connectivity index (χ0) is 19.4. The largest absolute Gasteiger partial charge is 0.494 e. The first-order valence-electron chi connectivity index (χ1n) is 8.71. The number of nitrogens with zero attached hydrogens (tertiary/aromatic N) is 1. The number of H-pyrrole nitrogens is 1. The fourth-order valence-corrected chi connectivity index (χ4v) is 3.69. The number of aromatic nitrogens is 1. The number of ether oxygens (including phenoxy) is 2. The van der Waals surface area contributed by atoms with Crippen LogP contribution in [0.5, 0.6) is 11.5 Å². The molecule has 0 unspecified atom stereocenters. The van der Waals surface area contributed by atoms with Crippen molar-refractivity contribution in [2.75, 3.05) is 13.2 Å². The standard InChI is InChI=1S/C21H20N2O3S/c1-4-25-14-7-8-19(26-5-2)16(10-14)15-11-18(20-9-6-13(3)27-20)23-21(24)17(15)12-22/h6-11H,4-5H2,1-3H3,(H,23,24). The average Bonchev–Trinajstić information content (AvgIpc) is 3.09. The zero-order valence-electron chi connectivity index (χ0n) is 15.5. The molecule has 0 radical (unpaired) electrons. The Morgan fingerprint density at radius 2 is 1.85 bits per heavy atom. The van der Waals surface area contributed by atoms with Crippen LogP contribution in [0.4, 0.5) is 0 Å². The van der Waals surface area contributed by atoms with E-state index in [-0.39, 0.29) is 5.56 Å². The van der Waals surface area contributed by atoms with Crippen LogP contribution in [0.3, 0.4) is 0 Å². The highest BCUT2D eigenvalue weighted by Gasteiger charge is 2.17. The Hall–Kier alpha value is -3.04. The highest BCUT2D eigenvalue weighted by molar-refractivity contribution is 7.15. The highest BCUT2D eigenvalue weighted by atomic mass is 32.1. The van der Waals surface area contributed by atoms with Crippen molar-refractivity contribution in [3.63, 3.8) is 0 Å². The van der Waals surface area contributed by atoms with Crippen molar-refractivity contribution in [3.05, 3.63) is 57.2 Å². The van der Waals surface area contributed by atoms with Gasteiger partial charge in [0.2, 0.25) is 0 Å². The number of thiophene rings is 1. The van der Waals surface area contributed by atoms with Crippen molar-refractivity contribution in [2.24, 2.45) is 0 Å². The number of benzene rings is 1. The molecule has 138 valence electrons. The van der Waals surface area contributed by atoms with E-state index in [0.717, 1.165) is 9.75 Å². The molecule has 3 aromatic rings. The van der Waals surface area contributed by atoms with E-state index in [4.69, 9.17) is 9.47 Å². The van der Waals surface area contributed by atoms with E-state index in [1.165, 1.54) is 0 Å². The molecule has 0 spiro atoms. The van der Waals surface area contributed by atoms with Gasteiger partial charge in [0, 0.05) is 16.0 Å². The molecule has 0 fully saturated rings. The maximum Gasteiger partial charge on any atom is 0.266 e. The second-order valence-corrected chi connectivity index (χ2v) is 7.13. The lowest BCUT2D eigenvalue weighted by molar-refractivity contribution is 0.331. The number of aryl methyl sites for hydroxylation is 1. The minimum Gasteiger partial charge on any atom is -0.494 e. The van der Waals surface area contributed by atoms with E-state index >= 15 is 0 Å². The summed E-state index contributed by atoms with van der Waals surface area (Å²) in [5.74, 6) is 1.27. The lowest BCUT2D eigenvalue weighted by Gasteiger charge is -2.14. The molecule has 5 nitrogen and oxygen atoms in total. The van der Waals surface area contributed by atoms with Gasteiger partial charge >= 0.3 is 0 Å². The SMILES string of the molecule is CCOc1ccc(OCC)c(-c2cc(-c3ccc(C)s3)[nH]c(=O)c2C#N)c1. The van der Waals surface area contributed by atoms with E-state index in [9.17, 15) is 10.1 Å². The molecule has 0 bridgehead atoms. The Morgan fingerprint density at radius 3 is 2.48 bits per heavy atom. The summed E-state index contributed by atoms with van der Waals surface area (Å²) < 4.78 is 11.3. The maximum absolute atomic E-state index is 12.6. The first kappa shape index (κ1) is 18.7. The van der Waals surface area contributed by atoms with Crippen LogP contribution in [0.25, 0.3) is 21.7 Å². The average molecular weight is 380 g/mol. The quantitative estimate of drug-likeness (QED) is 0.670. The van der Waals surface area contributed by atoms with Crippen molar-refractivity contribution in [2.45, 2.75) is 20.8 Å². The Morgan fingerprint density at radius 1 is 1.07 bits per heavy atom. The maximum atomic E-state index is 12.6. The minimum atomic E-state index is -0.416. The number of aromatic amines is 1. The van der Waals surface area contributed by atoms with Gasteiger partial charge < -0.3 is 14.5 Å². The molecular formula is C21H20N2O3S. The summed E-state index contributed by atoms with van der Waals surface area (Å²) in [6.07, 6.45) is 0. The van der Waals surface area contributed by atoms with Crippen LogP contribution in [0.1, 0.15) is 24.3 Å². The molecule has 0 aliphatic rings. The van der Waals surface area contributed by atoms with Gasteiger partial charge in [-0.15, -0.1) is 11.3 Å². The lowest BCUT2D eigenvalue weighted by Crippen LogP contribution is -2.13. The van der Waals surface area contributed by atoms with E-state index in [1.807, 2.05) is 57.2 Å². The molecule has 0 aliphatic carbocycles. The second-order valence-electron chi connectivity index (χ2n) is 5.85. The second kappa shape index (κ2) is 8.11. The summed E-state index contributed by atoms with van der Waals surface area (Å²) in [6, 6.07) is 13.3. The van der Waals surface area contributed by atoms with Gasteiger partial charge in [-0.05, 0) is 57.2 Å². The van der Waals surface area contributed by atoms with Crippen molar-refractivity contribution in [3.8, 4) is 39.3 Å². The van der Waals surface area contributed by atoms with E-state index in [0.29, 0.717) is 41.5 Å². The topological polar surface area (TPSA) is 75.1 Å². The van der Waals surface area contributed by atoms with Crippen molar-refractivity contribution in [1.29, 1.82) is 5.26 Å². The molecule has 0 amide bonds. The molecule has 2 heterocycles. The normalized spacial score (nSPS) is 10.4. The van der Waals surface area contributed by atoms with Gasteiger partial charge in [-0.1, -0.05) is 0 Å². The number of nitriles is 1. The molecule has 0 atom stereocenters. The highest BCUT2D eigenvalue weighted by Crippen LogP contribution is 2.37. The molecule has 2 aromatic heterocycles. The summed E-state index contributed by atoms with van der Waals surface area (Å²) in [5, 5.41) is 9.58. The van der Waals surface area contributed by atoms with Gasteiger partial charge in [-0.2, -0.15) is 5.26 Å². The van der Waals surface area contributed by atoms with Gasteiger partial charge in [-0.25, -0.2) is 0 Å². The number of pyridine rings is 1. The van der Waals surface area contributed by atoms with E-state index in [2.05, 4.69) is 4.98 Å². The number of hydrogen-bond acceptors (Lipinski definition) is 5. The molecule has 1 N–H and O–H groups in total. The summed E-state index contributed by atoms with van der Waals surface area (Å²) >= 11 is 1.58. The minimum absolute atomic E-state index is 0.0571. The first-order valence-corrected chi connectivity index (χ1v) is 9.53. The third-order valence-corrected chi connectivity index (χ3v) is 5.04. The monoisotopic (exact) mass is 380 g/mol. The Bertz CT molecular complexity index is 1060. The fraction of sp³-hybridized carbons (Fsp3) is 0.238. The predicted octanol–water partition coefficient (Wildman–Crippen LogP) is 4.75. The zero-order valence-corrected chi connectivity index (χ0v) is 16.3. The van der Waals surface area contributed by atoms with Crippen LogP contribution in [0, 0.1) is 18.3 Å². The fourth-order valence-electron chi connectivity index (χ4n) is 2.85. The summed E-state index contributed by atoms with van der Waals surface area (Å²) in [4.78, 5) is 17.5. The predicted molar refractivity (Wildman–Crippen MR) is 108 cm³/mol. The summed E-state index contributed by atoms with van der Waals surface area (Å²) in [5.41, 5.74) is 1.52. The van der Waals surface area contributed by atoms with Gasteiger partial charge in [0.1, 0.15) is 23.1 Å². The Balaban J connectivity index is 2.26. The molecule has 3 rings (SSSR count). The van der Waals surface area contributed by atoms with Crippen LogP contribution in [-0.4, -0.2) is 18.2 Å². The van der Waals surface area contributed by atoms with E-state index < -0.39 is 5.56 Å². The first-order chi connectivity index (χ1) is 13.1. The van der Waals surface area contributed by atoms with Crippen molar-refractivity contribution < 1.29 is 9.47 Å². The number of nitrogens with one attached hydrogen (secondary N) is 1. The van der Waals surface area contributed by atoms with Crippen LogP contribution >= 0.6 is 11.3 Å².